The molecule has 1 aliphatic heterocycles. The molecular formula is C15H15N3S2. The molecule has 3 heterocycles. The van der Waals surface area contributed by atoms with Gasteiger partial charge in [-0.05, 0) is 42.6 Å². The van der Waals surface area contributed by atoms with Crippen molar-refractivity contribution in [3.63, 3.8) is 0 Å². The third-order valence-corrected chi connectivity index (χ3v) is 5.35. The number of hydrogen-bond acceptors (Lipinski definition) is 3. The highest BCUT2D eigenvalue weighted by Gasteiger charge is 2.20. The number of rotatable bonds is 1. The molecule has 0 atom stereocenters. The van der Waals surface area contributed by atoms with E-state index in [9.17, 15) is 0 Å². The van der Waals surface area contributed by atoms with Crippen molar-refractivity contribution in [2.45, 2.75) is 18.9 Å². The van der Waals surface area contributed by atoms with Gasteiger partial charge in [0.25, 0.3) is 0 Å². The van der Waals surface area contributed by atoms with Gasteiger partial charge in [0.15, 0.2) is 4.77 Å². The molecule has 102 valence electrons. The highest BCUT2D eigenvalue weighted by molar-refractivity contribution is 7.99. The highest BCUT2D eigenvalue weighted by Crippen LogP contribution is 2.32. The van der Waals surface area contributed by atoms with Gasteiger partial charge in [-0.15, -0.1) is 0 Å². The predicted octanol–water partition coefficient (Wildman–Crippen LogP) is 4.32. The van der Waals surface area contributed by atoms with Crippen LogP contribution in [0.3, 0.4) is 0 Å². The van der Waals surface area contributed by atoms with Crippen LogP contribution in [0.4, 0.5) is 0 Å². The maximum Gasteiger partial charge on any atom is 0.178 e. The first-order chi connectivity index (χ1) is 9.84. The SMILES string of the molecule is S=c1[nH]c2cnc3ccccc3c2n1C1CCSCC1. The van der Waals surface area contributed by atoms with Crippen molar-refractivity contribution in [3.05, 3.63) is 35.2 Å². The fourth-order valence-electron chi connectivity index (χ4n) is 3.05. The molecule has 20 heavy (non-hydrogen) atoms. The Kier molecular flexibility index (Phi) is 3.04. The lowest BCUT2D eigenvalue weighted by molar-refractivity contribution is 0.477. The summed E-state index contributed by atoms with van der Waals surface area (Å²) in [4.78, 5) is 7.84. The summed E-state index contributed by atoms with van der Waals surface area (Å²) in [6, 6.07) is 8.82. The van der Waals surface area contributed by atoms with Crippen LogP contribution in [0.2, 0.25) is 0 Å². The summed E-state index contributed by atoms with van der Waals surface area (Å²) in [6.07, 6.45) is 4.30. The summed E-state index contributed by atoms with van der Waals surface area (Å²) < 4.78 is 3.16. The van der Waals surface area contributed by atoms with Crippen molar-refractivity contribution >= 4 is 45.9 Å². The van der Waals surface area contributed by atoms with E-state index in [1.807, 2.05) is 24.0 Å². The molecule has 1 fully saturated rings. The quantitative estimate of drug-likeness (QED) is 0.680. The van der Waals surface area contributed by atoms with Crippen molar-refractivity contribution < 1.29 is 0 Å². The molecule has 0 saturated carbocycles. The van der Waals surface area contributed by atoms with Gasteiger partial charge in [0.05, 0.1) is 22.7 Å². The van der Waals surface area contributed by atoms with E-state index >= 15 is 0 Å². The number of pyridine rings is 1. The fraction of sp³-hybridized carbons (Fsp3) is 0.333. The number of aromatic nitrogens is 3. The maximum absolute atomic E-state index is 5.57. The first-order valence-electron chi connectivity index (χ1n) is 6.90. The van der Waals surface area contributed by atoms with Crippen molar-refractivity contribution in [1.82, 2.24) is 14.5 Å². The van der Waals surface area contributed by atoms with E-state index in [1.54, 1.807) is 0 Å². The first kappa shape index (κ1) is 12.4. The van der Waals surface area contributed by atoms with Crippen molar-refractivity contribution in [3.8, 4) is 0 Å². The summed E-state index contributed by atoms with van der Waals surface area (Å²) in [5, 5.41) is 1.19. The first-order valence-corrected chi connectivity index (χ1v) is 8.46. The van der Waals surface area contributed by atoms with E-state index in [0.717, 1.165) is 15.8 Å². The largest absolute Gasteiger partial charge is 0.329 e. The Morgan fingerprint density at radius 1 is 1.25 bits per heavy atom. The fourth-order valence-corrected chi connectivity index (χ4v) is 4.48. The van der Waals surface area contributed by atoms with E-state index < -0.39 is 0 Å². The molecule has 1 aromatic carbocycles. The molecule has 0 spiro atoms. The summed E-state index contributed by atoms with van der Waals surface area (Å²) in [5.74, 6) is 2.45. The second kappa shape index (κ2) is 4.90. The van der Waals surface area contributed by atoms with Gasteiger partial charge in [-0.1, -0.05) is 18.2 Å². The molecule has 5 heteroatoms. The number of nitrogens with one attached hydrogen (secondary N) is 1. The van der Waals surface area contributed by atoms with Crippen LogP contribution in [-0.4, -0.2) is 26.0 Å². The van der Waals surface area contributed by atoms with E-state index in [2.05, 4.69) is 32.7 Å². The number of hydrogen-bond donors (Lipinski definition) is 1. The zero-order valence-corrected chi connectivity index (χ0v) is 12.6. The molecule has 3 nitrogen and oxygen atoms in total. The maximum atomic E-state index is 5.57. The second-order valence-corrected chi connectivity index (χ2v) is 6.79. The van der Waals surface area contributed by atoms with Gasteiger partial charge < -0.3 is 9.55 Å². The van der Waals surface area contributed by atoms with Crippen LogP contribution >= 0.6 is 24.0 Å². The molecule has 2 aromatic heterocycles. The Bertz CT molecular complexity index is 828. The third kappa shape index (κ3) is 1.88. The zero-order chi connectivity index (χ0) is 13.5. The summed E-state index contributed by atoms with van der Waals surface area (Å²) in [7, 11) is 0. The number of aromatic amines is 1. The molecule has 1 saturated heterocycles. The Labute approximate surface area is 126 Å². The molecular weight excluding hydrogens is 286 g/mol. The molecule has 4 rings (SSSR count). The third-order valence-electron chi connectivity index (χ3n) is 4.00. The Morgan fingerprint density at radius 2 is 2.05 bits per heavy atom. The minimum Gasteiger partial charge on any atom is -0.329 e. The predicted molar refractivity (Wildman–Crippen MR) is 88.0 cm³/mol. The average Bonchev–Trinajstić information content (AvgIpc) is 2.84. The molecule has 0 bridgehead atoms. The lowest BCUT2D eigenvalue weighted by Crippen LogP contribution is -2.15. The molecule has 0 amide bonds. The Morgan fingerprint density at radius 3 is 2.90 bits per heavy atom. The van der Waals surface area contributed by atoms with Gasteiger partial charge in [0.1, 0.15) is 0 Å². The smallest absolute Gasteiger partial charge is 0.178 e. The van der Waals surface area contributed by atoms with Crippen molar-refractivity contribution in [1.29, 1.82) is 0 Å². The molecule has 0 aliphatic carbocycles. The molecule has 3 aromatic rings. The number of H-pyrrole nitrogens is 1. The number of thioether (sulfide) groups is 1. The standard InChI is InChI=1S/C15H15N3S2/c19-15-17-13-9-16-12-4-2-1-3-11(12)14(13)18(15)10-5-7-20-8-6-10/h1-4,9-10H,5-8H2,(H,17,19). The minimum atomic E-state index is 0.517. The highest BCUT2D eigenvalue weighted by atomic mass is 32.2. The number of nitrogens with zero attached hydrogens (tertiary/aromatic N) is 2. The van der Waals surface area contributed by atoms with Gasteiger partial charge in [-0.25, -0.2) is 0 Å². The average molecular weight is 301 g/mol. The van der Waals surface area contributed by atoms with E-state index in [-0.39, 0.29) is 0 Å². The topological polar surface area (TPSA) is 33.6 Å². The van der Waals surface area contributed by atoms with E-state index in [1.165, 1.54) is 35.3 Å². The van der Waals surface area contributed by atoms with E-state index in [0.29, 0.717) is 6.04 Å². The van der Waals surface area contributed by atoms with Crippen LogP contribution in [0, 0.1) is 4.77 Å². The van der Waals surface area contributed by atoms with Crippen LogP contribution in [0.15, 0.2) is 30.5 Å². The minimum absolute atomic E-state index is 0.517. The van der Waals surface area contributed by atoms with Crippen LogP contribution in [-0.2, 0) is 0 Å². The van der Waals surface area contributed by atoms with Crippen molar-refractivity contribution in [2.24, 2.45) is 0 Å². The lowest BCUT2D eigenvalue weighted by atomic mass is 10.1. The molecule has 1 aliphatic rings. The summed E-state index contributed by atoms with van der Waals surface area (Å²) in [5.41, 5.74) is 3.30. The second-order valence-electron chi connectivity index (χ2n) is 5.18. The van der Waals surface area contributed by atoms with Gasteiger partial charge in [-0.3, -0.25) is 4.98 Å². The van der Waals surface area contributed by atoms with Gasteiger partial charge in [-0.2, -0.15) is 11.8 Å². The van der Waals surface area contributed by atoms with Crippen LogP contribution < -0.4 is 0 Å². The molecule has 0 unspecified atom stereocenters. The molecule has 1 N–H and O–H groups in total. The van der Waals surface area contributed by atoms with Crippen LogP contribution in [0.1, 0.15) is 18.9 Å². The number of imidazole rings is 1. The Hall–Kier alpha value is -1.33. The Balaban J connectivity index is 2.05. The summed E-state index contributed by atoms with van der Waals surface area (Å²) in [6.45, 7) is 0. The van der Waals surface area contributed by atoms with E-state index in [4.69, 9.17) is 12.2 Å². The van der Waals surface area contributed by atoms with Crippen molar-refractivity contribution in [2.75, 3.05) is 11.5 Å². The normalized spacial score (nSPS) is 17.0. The lowest BCUT2D eigenvalue weighted by Gasteiger charge is -2.23. The summed E-state index contributed by atoms with van der Waals surface area (Å²) >= 11 is 7.61. The molecule has 0 radical (unpaired) electrons. The number of para-hydroxylation sites is 1. The van der Waals surface area contributed by atoms with Gasteiger partial charge >= 0.3 is 0 Å². The number of benzene rings is 1. The van der Waals surface area contributed by atoms with Gasteiger partial charge in [0.2, 0.25) is 0 Å². The van der Waals surface area contributed by atoms with Crippen LogP contribution in [0.5, 0.6) is 0 Å². The monoisotopic (exact) mass is 301 g/mol. The number of fused-ring (bicyclic) bond motifs is 3. The van der Waals surface area contributed by atoms with Crippen LogP contribution in [0.25, 0.3) is 21.9 Å². The van der Waals surface area contributed by atoms with Gasteiger partial charge in [0, 0.05) is 11.4 Å². The zero-order valence-electron chi connectivity index (χ0n) is 11.0.